The van der Waals surface area contributed by atoms with E-state index >= 15 is 0 Å². The van der Waals surface area contributed by atoms with E-state index in [-0.39, 0.29) is 5.75 Å². The Morgan fingerprint density at radius 3 is 2.62 bits per heavy atom. The molecule has 1 aliphatic carbocycles. The van der Waals surface area contributed by atoms with Gasteiger partial charge in [0.05, 0.1) is 23.8 Å². The minimum atomic E-state index is 0.129. The van der Waals surface area contributed by atoms with Crippen LogP contribution in [0.25, 0.3) is 33.3 Å². The first-order valence-corrected chi connectivity index (χ1v) is 10.5. The summed E-state index contributed by atoms with van der Waals surface area (Å²) in [5.74, 6) is 1.46. The zero-order valence-electron chi connectivity index (χ0n) is 18.1. The molecule has 0 fully saturated rings. The van der Waals surface area contributed by atoms with Crippen LogP contribution in [-0.4, -0.2) is 23.7 Å². The third kappa shape index (κ3) is 3.39. The number of methoxy groups -OCH3 is 1. The second-order valence-corrected chi connectivity index (χ2v) is 7.62. The Bertz CT molecular complexity index is 1500. The topological polar surface area (TPSA) is 79.9 Å². The van der Waals surface area contributed by atoms with Crippen molar-refractivity contribution >= 4 is 33.2 Å². The summed E-state index contributed by atoms with van der Waals surface area (Å²) in [6.07, 6.45) is 0. The fourth-order valence-electron chi connectivity index (χ4n) is 3.93. The number of rotatable bonds is 4. The minimum Gasteiger partial charge on any atom is -0.506 e. The summed E-state index contributed by atoms with van der Waals surface area (Å²) in [7, 11) is 1.60. The SMILES string of the molecule is CCN=c1cc2oc3cc(Nc4cc(OC)ccc4O)c4ccccc4c3nc-2cc1C. The summed E-state index contributed by atoms with van der Waals surface area (Å²) in [5, 5.41) is 16.5. The number of benzene rings is 4. The van der Waals surface area contributed by atoms with Gasteiger partial charge in [-0.3, -0.25) is 4.99 Å². The molecule has 0 amide bonds. The van der Waals surface area contributed by atoms with E-state index in [1.54, 1.807) is 25.3 Å². The molecule has 3 aromatic rings. The number of anilines is 2. The van der Waals surface area contributed by atoms with Crippen molar-refractivity contribution in [2.24, 2.45) is 4.99 Å². The molecular weight excluding hydrogens is 402 g/mol. The van der Waals surface area contributed by atoms with Gasteiger partial charge in [-0.25, -0.2) is 4.98 Å². The number of aromatic nitrogens is 1. The van der Waals surface area contributed by atoms with Gasteiger partial charge < -0.3 is 19.6 Å². The predicted octanol–water partition coefficient (Wildman–Crippen LogP) is 5.77. The Morgan fingerprint density at radius 2 is 1.84 bits per heavy atom. The second kappa shape index (κ2) is 7.89. The van der Waals surface area contributed by atoms with Crippen LogP contribution in [0.15, 0.2) is 70.1 Å². The molecule has 160 valence electrons. The molecule has 32 heavy (non-hydrogen) atoms. The number of nitrogens with one attached hydrogen (secondary N) is 1. The molecule has 0 unspecified atom stereocenters. The van der Waals surface area contributed by atoms with Gasteiger partial charge in [0.25, 0.3) is 0 Å². The second-order valence-electron chi connectivity index (χ2n) is 7.62. The Hall–Kier alpha value is -4.06. The van der Waals surface area contributed by atoms with Gasteiger partial charge in [-0.1, -0.05) is 24.3 Å². The van der Waals surface area contributed by atoms with Gasteiger partial charge in [0.2, 0.25) is 0 Å². The number of aromatic hydroxyl groups is 1. The fraction of sp³-hybridized carbons (Fsp3) is 0.154. The van der Waals surface area contributed by atoms with Crippen LogP contribution in [0.3, 0.4) is 0 Å². The third-order valence-corrected chi connectivity index (χ3v) is 5.51. The van der Waals surface area contributed by atoms with Gasteiger partial charge in [0, 0.05) is 35.5 Å². The molecule has 0 saturated carbocycles. The molecule has 5 rings (SSSR count). The van der Waals surface area contributed by atoms with Gasteiger partial charge in [0.1, 0.15) is 22.7 Å². The van der Waals surface area contributed by atoms with E-state index in [9.17, 15) is 5.11 Å². The smallest absolute Gasteiger partial charge is 0.155 e. The molecule has 0 bridgehead atoms. The van der Waals surface area contributed by atoms with Crippen molar-refractivity contribution in [3.63, 3.8) is 0 Å². The largest absolute Gasteiger partial charge is 0.506 e. The third-order valence-electron chi connectivity index (χ3n) is 5.51. The molecule has 1 aliphatic heterocycles. The van der Waals surface area contributed by atoms with Crippen LogP contribution in [0.5, 0.6) is 11.5 Å². The summed E-state index contributed by atoms with van der Waals surface area (Å²) >= 11 is 0. The van der Waals surface area contributed by atoms with Crippen molar-refractivity contribution in [1.82, 2.24) is 4.98 Å². The molecule has 1 heterocycles. The number of hydrogen-bond donors (Lipinski definition) is 2. The highest BCUT2D eigenvalue weighted by Crippen LogP contribution is 2.37. The maximum atomic E-state index is 10.4. The molecule has 2 N–H and O–H groups in total. The lowest BCUT2D eigenvalue weighted by Crippen LogP contribution is -2.09. The molecule has 6 nitrogen and oxygen atoms in total. The number of fused-ring (bicyclic) bond motifs is 4. The highest BCUT2D eigenvalue weighted by Gasteiger charge is 2.16. The van der Waals surface area contributed by atoms with Crippen molar-refractivity contribution in [2.45, 2.75) is 13.8 Å². The van der Waals surface area contributed by atoms with Gasteiger partial charge in [-0.15, -0.1) is 0 Å². The van der Waals surface area contributed by atoms with Crippen molar-refractivity contribution in [3.05, 3.63) is 71.6 Å². The van der Waals surface area contributed by atoms with E-state index < -0.39 is 0 Å². The maximum absolute atomic E-state index is 10.4. The Kier molecular flexibility index (Phi) is 4.90. The Labute approximate surface area is 185 Å². The quantitative estimate of drug-likeness (QED) is 0.217. The average molecular weight is 425 g/mol. The van der Waals surface area contributed by atoms with Gasteiger partial charge in [0.15, 0.2) is 11.3 Å². The van der Waals surface area contributed by atoms with Gasteiger partial charge in [-0.05, 0) is 37.6 Å². The Morgan fingerprint density at radius 1 is 1.03 bits per heavy atom. The fourth-order valence-corrected chi connectivity index (χ4v) is 3.93. The lowest BCUT2D eigenvalue weighted by Gasteiger charge is -2.15. The van der Waals surface area contributed by atoms with Crippen LogP contribution in [0.1, 0.15) is 12.5 Å². The normalized spacial score (nSPS) is 12.0. The lowest BCUT2D eigenvalue weighted by molar-refractivity contribution is 0.413. The van der Waals surface area contributed by atoms with Crippen LogP contribution in [0.2, 0.25) is 0 Å². The first kappa shape index (κ1) is 19.9. The summed E-state index contributed by atoms with van der Waals surface area (Å²) in [5.41, 5.74) is 4.63. The van der Waals surface area contributed by atoms with E-state index in [4.69, 9.17) is 14.1 Å². The van der Waals surface area contributed by atoms with E-state index in [2.05, 4.69) is 10.3 Å². The van der Waals surface area contributed by atoms with E-state index in [0.29, 0.717) is 29.3 Å². The van der Waals surface area contributed by atoms with Crippen molar-refractivity contribution in [1.29, 1.82) is 0 Å². The molecule has 0 spiro atoms. The highest BCUT2D eigenvalue weighted by molar-refractivity contribution is 6.10. The molecule has 3 aromatic carbocycles. The first-order chi connectivity index (χ1) is 15.6. The van der Waals surface area contributed by atoms with E-state index in [1.165, 1.54) is 0 Å². The molecular formula is C26H23N3O3. The summed E-state index contributed by atoms with van der Waals surface area (Å²) in [6.45, 7) is 4.75. The maximum Gasteiger partial charge on any atom is 0.155 e. The van der Waals surface area contributed by atoms with Crippen molar-refractivity contribution in [2.75, 3.05) is 19.0 Å². The zero-order chi connectivity index (χ0) is 22.2. The van der Waals surface area contributed by atoms with Crippen LogP contribution in [0, 0.1) is 6.92 Å². The summed E-state index contributed by atoms with van der Waals surface area (Å²) < 4.78 is 11.6. The predicted molar refractivity (Wildman–Crippen MR) is 127 cm³/mol. The molecule has 0 aromatic heterocycles. The van der Waals surface area contributed by atoms with Gasteiger partial charge >= 0.3 is 0 Å². The first-order valence-electron chi connectivity index (χ1n) is 10.5. The Balaban J connectivity index is 1.77. The molecule has 6 heteroatoms. The average Bonchev–Trinajstić information content (AvgIpc) is 2.80. The van der Waals surface area contributed by atoms with Crippen molar-refractivity contribution < 1.29 is 14.3 Å². The molecule has 0 saturated heterocycles. The minimum absolute atomic E-state index is 0.129. The lowest BCUT2D eigenvalue weighted by atomic mass is 10.1. The van der Waals surface area contributed by atoms with Crippen LogP contribution in [-0.2, 0) is 0 Å². The van der Waals surface area contributed by atoms with Gasteiger partial charge in [-0.2, -0.15) is 0 Å². The van der Waals surface area contributed by atoms with Crippen LogP contribution in [0.4, 0.5) is 11.4 Å². The van der Waals surface area contributed by atoms with E-state index in [0.717, 1.165) is 38.6 Å². The number of phenols is 1. The summed E-state index contributed by atoms with van der Waals surface area (Å²) in [6, 6.07) is 18.9. The number of hydrogen-bond acceptors (Lipinski definition) is 6. The van der Waals surface area contributed by atoms with Crippen LogP contribution >= 0.6 is 0 Å². The summed E-state index contributed by atoms with van der Waals surface area (Å²) in [4.78, 5) is 9.47. The highest BCUT2D eigenvalue weighted by atomic mass is 16.5. The van der Waals surface area contributed by atoms with Crippen molar-refractivity contribution in [3.8, 4) is 23.0 Å². The number of nitrogens with zero attached hydrogens (tertiary/aromatic N) is 2. The number of phenolic OH excluding ortho intramolecular Hbond substituents is 1. The molecule has 2 aliphatic rings. The van der Waals surface area contributed by atoms with E-state index in [1.807, 2.05) is 56.3 Å². The standard InChI is InChI=1S/C26H23N3O3/c1-4-27-19-13-24-22(11-15(19)2)29-26-18-8-6-5-7-17(18)20(14-25(26)32-24)28-21-12-16(31-3)9-10-23(21)30/h5-14,28,30H,4H2,1-3H3. The molecule has 0 atom stereocenters. The van der Waals surface area contributed by atoms with Crippen LogP contribution < -0.4 is 15.4 Å². The number of ether oxygens (including phenoxy) is 1. The zero-order valence-corrected chi connectivity index (χ0v) is 18.1. The molecule has 0 radical (unpaired) electrons. The monoisotopic (exact) mass is 425 g/mol. The number of aryl methyl sites for hydroxylation is 1.